The Morgan fingerprint density at radius 3 is 2.10 bits per heavy atom. The topological polar surface area (TPSA) is 193 Å². The van der Waals surface area contributed by atoms with Crippen LogP contribution in [0.1, 0.15) is 0 Å². The molecule has 0 fully saturated rings. The van der Waals surface area contributed by atoms with Gasteiger partial charge in [0.15, 0.2) is 5.75 Å². The maximum atomic E-state index is 11.2. The number of nitrogens with zero attached hydrogens (tertiary/aromatic N) is 5. The van der Waals surface area contributed by atoms with E-state index in [-0.39, 0.29) is 44.3 Å². The van der Waals surface area contributed by atoms with Gasteiger partial charge in [-0.05, 0) is 58.9 Å². The van der Waals surface area contributed by atoms with Gasteiger partial charge in [-0.1, -0.05) is 34.3 Å². The van der Waals surface area contributed by atoms with Crippen LogP contribution in [-0.2, 0) is 18.7 Å². The van der Waals surface area contributed by atoms with Crippen molar-refractivity contribution in [3.05, 3.63) is 65.2 Å². The number of benzene rings is 4. The van der Waals surface area contributed by atoms with Crippen molar-refractivity contribution in [3.63, 3.8) is 0 Å². The fourth-order valence-electron chi connectivity index (χ4n) is 3.79. The molecule has 0 radical (unpaired) electrons. The van der Waals surface area contributed by atoms with E-state index in [1.54, 1.807) is 48.5 Å². The molecule has 5 aromatic rings. The van der Waals surface area contributed by atoms with Crippen molar-refractivity contribution in [2.45, 2.75) is 9.79 Å². The highest BCUT2D eigenvalue weighted by atomic mass is 35.5. The summed E-state index contributed by atoms with van der Waals surface area (Å²) in [5.74, 6) is -0.449. The molecule has 0 aliphatic rings. The molecule has 0 saturated heterocycles. The molecular formula is C23H14Cl2N6O8S2. The van der Waals surface area contributed by atoms with Gasteiger partial charge in [0.25, 0.3) is 0 Å². The van der Waals surface area contributed by atoms with Gasteiger partial charge in [-0.25, -0.2) is 10.5 Å². The average Bonchev–Trinajstić information content (AvgIpc) is 2.94. The van der Waals surface area contributed by atoms with Crippen LogP contribution in [0.4, 0.5) is 23.0 Å². The van der Waals surface area contributed by atoms with Crippen LogP contribution in [0.3, 0.4) is 0 Å². The Labute approximate surface area is 247 Å². The summed E-state index contributed by atoms with van der Waals surface area (Å²) < 4.78 is 9.12. The molecule has 41 heavy (non-hydrogen) atoms. The molecule has 0 saturated carbocycles. The van der Waals surface area contributed by atoms with Crippen LogP contribution in [-0.4, -0.2) is 35.7 Å². The summed E-state index contributed by atoms with van der Waals surface area (Å²) >= 11 is 12.9. The van der Waals surface area contributed by atoms with E-state index in [0.717, 1.165) is 0 Å². The summed E-state index contributed by atoms with van der Waals surface area (Å²) in [7, 11) is 0. The molecule has 1 heterocycles. The average molecular weight is 637 g/mol. The van der Waals surface area contributed by atoms with E-state index in [2.05, 4.69) is 49.2 Å². The monoisotopic (exact) mass is 636 g/mol. The summed E-state index contributed by atoms with van der Waals surface area (Å²) in [6.07, 6.45) is 0. The summed E-state index contributed by atoms with van der Waals surface area (Å²) in [5.41, 5.74) is 0.555. The highest BCUT2D eigenvalue weighted by Gasteiger charge is 2.18. The summed E-state index contributed by atoms with van der Waals surface area (Å²) in [6, 6.07) is 14.8. The minimum absolute atomic E-state index is 0.0461. The number of halogens is 2. The maximum absolute atomic E-state index is 11.2. The van der Waals surface area contributed by atoms with Crippen molar-refractivity contribution in [1.29, 1.82) is 0 Å². The first-order valence-corrected chi connectivity index (χ1v) is 13.2. The summed E-state index contributed by atoms with van der Waals surface area (Å²) in [6.45, 7) is 0. The number of aromatic hydroxyl groups is 2. The normalized spacial score (nSPS) is 11.6. The molecule has 0 bridgehead atoms. The smallest absolute Gasteiger partial charge is 0.232 e. The van der Waals surface area contributed by atoms with Gasteiger partial charge in [-0.3, -0.25) is 0 Å². The molecule has 0 amide bonds. The Bertz CT molecular complexity index is 1760. The minimum atomic E-state index is -0.280. The second kappa shape index (κ2) is 13.0. The van der Waals surface area contributed by atoms with E-state index < -0.39 is 0 Å². The van der Waals surface area contributed by atoms with E-state index in [9.17, 15) is 10.2 Å². The number of phenols is 2. The number of azo groups is 1. The zero-order valence-corrected chi connectivity index (χ0v) is 23.1. The SMILES string of the molecule is OOOSc1cc2cc(Nc3nc(Cl)nc(Cl)n3)ccc2c(O)c1N=Nc1c(O)cc(SOOO)c2ccccc12. The number of anilines is 2. The lowest BCUT2D eigenvalue weighted by Crippen LogP contribution is -1.99. The van der Waals surface area contributed by atoms with Gasteiger partial charge in [0.2, 0.25) is 16.5 Å². The molecule has 0 spiro atoms. The molecule has 14 nitrogen and oxygen atoms in total. The molecule has 1 aromatic heterocycles. The van der Waals surface area contributed by atoms with E-state index in [1.165, 1.54) is 6.07 Å². The first kappa shape index (κ1) is 29.0. The van der Waals surface area contributed by atoms with Crippen molar-refractivity contribution in [1.82, 2.24) is 15.0 Å². The largest absolute Gasteiger partial charge is 0.506 e. The van der Waals surface area contributed by atoms with Crippen LogP contribution in [0.5, 0.6) is 11.5 Å². The molecule has 0 atom stereocenters. The molecule has 0 aliphatic carbocycles. The second-order valence-electron chi connectivity index (χ2n) is 7.77. The fraction of sp³-hybridized carbons (Fsp3) is 0. The number of aromatic nitrogens is 3. The van der Waals surface area contributed by atoms with E-state index in [1.807, 2.05) is 0 Å². The number of hydrogen-bond acceptors (Lipinski definition) is 16. The first-order valence-electron chi connectivity index (χ1n) is 11.0. The Kier molecular flexibility index (Phi) is 9.15. The van der Waals surface area contributed by atoms with Crippen molar-refractivity contribution in [2.75, 3.05) is 5.32 Å². The van der Waals surface area contributed by atoms with Crippen LogP contribution in [0.15, 0.2) is 74.6 Å². The highest BCUT2D eigenvalue weighted by Crippen LogP contribution is 2.47. The fourth-order valence-corrected chi connectivity index (χ4v) is 5.18. The van der Waals surface area contributed by atoms with Crippen molar-refractivity contribution in [2.24, 2.45) is 10.2 Å². The Morgan fingerprint density at radius 2 is 1.39 bits per heavy atom. The molecule has 4 aromatic carbocycles. The zero-order valence-electron chi connectivity index (χ0n) is 19.9. The van der Waals surface area contributed by atoms with E-state index in [4.69, 9.17) is 33.7 Å². The number of rotatable bonds is 10. The third-order valence-electron chi connectivity index (χ3n) is 5.40. The van der Waals surface area contributed by atoms with Crippen LogP contribution >= 0.6 is 47.3 Å². The van der Waals surface area contributed by atoms with Crippen LogP contribution in [0.25, 0.3) is 21.5 Å². The van der Waals surface area contributed by atoms with Gasteiger partial charge in [0, 0.05) is 21.8 Å². The Balaban J connectivity index is 1.56. The van der Waals surface area contributed by atoms with Gasteiger partial charge >= 0.3 is 0 Å². The molecule has 0 aliphatic heterocycles. The number of hydrogen-bond donors (Lipinski definition) is 5. The van der Waals surface area contributed by atoms with Crippen LogP contribution in [0, 0.1) is 0 Å². The Hall–Kier alpha value is -3.55. The van der Waals surface area contributed by atoms with Gasteiger partial charge in [0.05, 0.1) is 33.9 Å². The lowest BCUT2D eigenvalue weighted by molar-refractivity contribution is -0.432. The van der Waals surface area contributed by atoms with Crippen molar-refractivity contribution >= 4 is 91.8 Å². The van der Waals surface area contributed by atoms with E-state index >= 15 is 0 Å². The molecule has 210 valence electrons. The van der Waals surface area contributed by atoms with Gasteiger partial charge in [-0.15, -0.1) is 18.9 Å². The molecule has 5 N–H and O–H groups in total. The van der Waals surface area contributed by atoms with Crippen LogP contribution in [0.2, 0.25) is 10.6 Å². The standard InChI is InChI=1S/C23H14Cl2N6O8S2/c24-21-27-22(25)29-23(28-21)26-11-5-6-12-10(7-11)8-17(41-39-37-35)19(20(12)33)31-30-18-14-4-2-1-3-13(14)16(9-15(18)32)40-38-36-34/h1-9,32-35H,(H,26,27,28,29). The van der Waals surface area contributed by atoms with E-state index in [0.29, 0.717) is 56.2 Å². The zero-order chi connectivity index (χ0) is 28.9. The number of fused-ring (bicyclic) bond motifs is 2. The maximum Gasteiger partial charge on any atom is 0.232 e. The third kappa shape index (κ3) is 6.52. The lowest BCUT2D eigenvalue weighted by Gasteiger charge is -2.12. The molecule has 0 unspecified atom stereocenters. The summed E-state index contributed by atoms with van der Waals surface area (Å²) in [4.78, 5) is 12.2. The van der Waals surface area contributed by atoms with Crippen molar-refractivity contribution < 1.29 is 39.5 Å². The number of nitrogens with one attached hydrogen (secondary N) is 1. The molecular weight excluding hydrogens is 623 g/mol. The van der Waals surface area contributed by atoms with Gasteiger partial charge < -0.3 is 15.5 Å². The second-order valence-corrected chi connectivity index (χ2v) is 9.93. The van der Waals surface area contributed by atoms with Crippen LogP contribution < -0.4 is 5.32 Å². The van der Waals surface area contributed by atoms with Gasteiger partial charge in [0.1, 0.15) is 17.1 Å². The lowest BCUT2D eigenvalue weighted by atomic mass is 10.1. The Morgan fingerprint density at radius 1 is 0.732 bits per heavy atom. The number of phenolic OH excluding ortho intramolecular Hbond substituents is 2. The molecule has 18 heteroatoms. The van der Waals surface area contributed by atoms with Gasteiger partial charge in [-0.2, -0.15) is 15.0 Å². The quantitative estimate of drug-likeness (QED) is 0.0429. The summed E-state index contributed by atoms with van der Waals surface area (Å²) in [5, 5.41) is 59.6. The molecule has 5 rings (SSSR count). The predicted molar refractivity (Wildman–Crippen MR) is 150 cm³/mol. The minimum Gasteiger partial charge on any atom is -0.506 e. The highest BCUT2D eigenvalue weighted by molar-refractivity contribution is 7.95. The third-order valence-corrected chi connectivity index (χ3v) is 7.01. The van der Waals surface area contributed by atoms with Crippen molar-refractivity contribution in [3.8, 4) is 11.5 Å². The first-order chi connectivity index (χ1) is 19.9. The predicted octanol–water partition coefficient (Wildman–Crippen LogP) is 7.91.